The predicted octanol–water partition coefficient (Wildman–Crippen LogP) is 0.869. The second-order valence-corrected chi connectivity index (χ2v) is 3.96. The lowest BCUT2D eigenvalue weighted by molar-refractivity contribution is -0.118. The molecule has 4 N–H and O–H groups in total. The third kappa shape index (κ3) is 3.49. The third-order valence-corrected chi connectivity index (χ3v) is 2.83. The Labute approximate surface area is 89.8 Å². The summed E-state index contributed by atoms with van der Waals surface area (Å²) in [5.41, 5.74) is 10.3. The second-order valence-electron chi connectivity index (χ2n) is 2.89. The number of hydrogen-bond acceptors (Lipinski definition) is 3. The number of primary amides is 1. The van der Waals surface area contributed by atoms with Gasteiger partial charge in [0.2, 0.25) is 5.91 Å². The zero-order valence-electron chi connectivity index (χ0n) is 7.74. The number of nitrogens with two attached hydrogens (primary N) is 2. The molecule has 0 radical (unpaired) electrons. The van der Waals surface area contributed by atoms with Crippen LogP contribution in [0.25, 0.3) is 0 Å². The first-order valence-electron chi connectivity index (χ1n) is 4.13. The Kier molecular flexibility index (Phi) is 4.05. The summed E-state index contributed by atoms with van der Waals surface area (Å²) in [7, 11) is 0. The molecule has 0 spiro atoms. The molecule has 3 nitrogen and oxygen atoms in total. The van der Waals surface area contributed by atoms with Gasteiger partial charge in [0.05, 0.1) is 6.04 Å². The number of carbonyl (C=O) groups excluding carboxylic acids is 1. The molecule has 1 aromatic carbocycles. The summed E-state index contributed by atoms with van der Waals surface area (Å²) < 4.78 is 25.8. The van der Waals surface area contributed by atoms with E-state index < -0.39 is 23.6 Å². The van der Waals surface area contributed by atoms with Crippen LogP contribution in [0.2, 0.25) is 0 Å². The molecule has 1 amide bonds. The van der Waals surface area contributed by atoms with E-state index in [4.69, 9.17) is 11.5 Å². The van der Waals surface area contributed by atoms with Crippen LogP contribution in [0.1, 0.15) is 0 Å². The summed E-state index contributed by atoms with van der Waals surface area (Å²) in [4.78, 5) is 10.7. The van der Waals surface area contributed by atoms with E-state index in [1.54, 1.807) is 0 Å². The molecule has 15 heavy (non-hydrogen) atoms. The molecule has 0 aliphatic rings. The van der Waals surface area contributed by atoms with Gasteiger partial charge in [0.15, 0.2) is 0 Å². The first kappa shape index (κ1) is 11.9. The molecular formula is C9H10F2N2OS. The number of amides is 1. The van der Waals surface area contributed by atoms with Gasteiger partial charge in [0.1, 0.15) is 11.6 Å². The SMILES string of the molecule is NC(=O)C(N)CSc1cc(F)ccc1F. The van der Waals surface area contributed by atoms with Gasteiger partial charge in [-0.05, 0) is 18.2 Å². The fraction of sp³-hybridized carbons (Fsp3) is 0.222. The molecule has 0 aliphatic carbocycles. The zero-order valence-corrected chi connectivity index (χ0v) is 8.56. The van der Waals surface area contributed by atoms with Crippen molar-refractivity contribution in [2.75, 3.05) is 5.75 Å². The number of carbonyl (C=O) groups is 1. The molecule has 0 saturated heterocycles. The normalized spacial score (nSPS) is 12.5. The molecule has 0 fully saturated rings. The molecule has 82 valence electrons. The van der Waals surface area contributed by atoms with E-state index in [0.717, 1.165) is 30.0 Å². The predicted molar refractivity (Wildman–Crippen MR) is 54.3 cm³/mol. The minimum absolute atomic E-state index is 0.117. The molecule has 6 heteroatoms. The highest BCUT2D eigenvalue weighted by Crippen LogP contribution is 2.22. The fourth-order valence-electron chi connectivity index (χ4n) is 0.850. The van der Waals surface area contributed by atoms with Crippen LogP contribution in [0.5, 0.6) is 0 Å². The highest BCUT2D eigenvalue weighted by atomic mass is 32.2. The van der Waals surface area contributed by atoms with Crippen LogP contribution in [0.15, 0.2) is 23.1 Å². The van der Waals surface area contributed by atoms with E-state index in [9.17, 15) is 13.6 Å². The zero-order chi connectivity index (χ0) is 11.4. The van der Waals surface area contributed by atoms with Crippen LogP contribution in [0.3, 0.4) is 0 Å². The minimum atomic E-state index is -0.863. The molecule has 1 unspecified atom stereocenters. The van der Waals surface area contributed by atoms with E-state index in [-0.39, 0.29) is 10.6 Å². The summed E-state index contributed by atoms with van der Waals surface area (Å²) in [6, 6.07) is 2.23. The topological polar surface area (TPSA) is 69.1 Å². The molecule has 0 aliphatic heterocycles. The Morgan fingerprint density at radius 2 is 2.13 bits per heavy atom. The van der Waals surface area contributed by atoms with E-state index in [2.05, 4.69) is 0 Å². The fourth-order valence-corrected chi connectivity index (χ4v) is 1.77. The van der Waals surface area contributed by atoms with Gasteiger partial charge >= 0.3 is 0 Å². The van der Waals surface area contributed by atoms with Crippen molar-refractivity contribution in [1.29, 1.82) is 0 Å². The Morgan fingerprint density at radius 3 is 2.73 bits per heavy atom. The van der Waals surface area contributed by atoms with E-state index in [0.29, 0.717) is 0 Å². The molecule has 1 rings (SSSR count). The summed E-state index contributed by atoms with van der Waals surface area (Å²) in [5, 5.41) is 0. The van der Waals surface area contributed by atoms with Crippen molar-refractivity contribution in [3.8, 4) is 0 Å². The lowest BCUT2D eigenvalue weighted by Crippen LogP contribution is -2.38. The average Bonchev–Trinajstić information content (AvgIpc) is 2.18. The maximum absolute atomic E-state index is 13.1. The molecule has 0 bridgehead atoms. The van der Waals surface area contributed by atoms with Crippen LogP contribution in [0.4, 0.5) is 8.78 Å². The highest BCUT2D eigenvalue weighted by Gasteiger charge is 2.11. The molecule has 1 aromatic rings. The molecule has 1 atom stereocenters. The third-order valence-electron chi connectivity index (χ3n) is 1.68. The summed E-state index contributed by atoms with van der Waals surface area (Å²) in [6.07, 6.45) is 0. The number of benzene rings is 1. The van der Waals surface area contributed by atoms with Crippen molar-refractivity contribution in [2.45, 2.75) is 10.9 Å². The smallest absolute Gasteiger partial charge is 0.235 e. The standard InChI is InChI=1S/C9H10F2N2OS/c10-5-1-2-6(11)8(3-5)15-4-7(12)9(13)14/h1-3,7H,4,12H2,(H2,13,14). The van der Waals surface area contributed by atoms with Gasteiger partial charge in [0, 0.05) is 10.6 Å². The van der Waals surface area contributed by atoms with E-state index in [1.165, 1.54) is 0 Å². The molecule has 0 saturated carbocycles. The van der Waals surface area contributed by atoms with Crippen LogP contribution in [-0.4, -0.2) is 17.7 Å². The summed E-state index contributed by atoms with van der Waals surface area (Å²) in [6.45, 7) is 0. The Morgan fingerprint density at radius 1 is 1.47 bits per heavy atom. The van der Waals surface area contributed by atoms with Gasteiger partial charge in [-0.15, -0.1) is 11.8 Å². The van der Waals surface area contributed by atoms with Crippen molar-refractivity contribution in [3.05, 3.63) is 29.8 Å². The maximum Gasteiger partial charge on any atom is 0.235 e. The first-order chi connectivity index (χ1) is 7.00. The Bertz CT molecular complexity index is 373. The van der Waals surface area contributed by atoms with Crippen LogP contribution < -0.4 is 11.5 Å². The van der Waals surface area contributed by atoms with Gasteiger partial charge < -0.3 is 11.5 Å². The van der Waals surface area contributed by atoms with Gasteiger partial charge in [-0.1, -0.05) is 0 Å². The summed E-state index contributed by atoms with van der Waals surface area (Å²) in [5.74, 6) is -1.63. The monoisotopic (exact) mass is 232 g/mol. The number of rotatable bonds is 4. The number of halogens is 2. The first-order valence-corrected chi connectivity index (χ1v) is 5.12. The second kappa shape index (κ2) is 5.09. The van der Waals surface area contributed by atoms with Gasteiger partial charge in [0.25, 0.3) is 0 Å². The van der Waals surface area contributed by atoms with Crippen LogP contribution in [-0.2, 0) is 4.79 Å². The highest BCUT2D eigenvalue weighted by molar-refractivity contribution is 7.99. The minimum Gasteiger partial charge on any atom is -0.368 e. The lowest BCUT2D eigenvalue weighted by atomic mass is 10.3. The van der Waals surface area contributed by atoms with Crippen molar-refractivity contribution >= 4 is 17.7 Å². The van der Waals surface area contributed by atoms with Crippen LogP contribution in [0, 0.1) is 11.6 Å². The van der Waals surface area contributed by atoms with Gasteiger partial charge in [-0.2, -0.15) is 0 Å². The van der Waals surface area contributed by atoms with Crippen LogP contribution >= 0.6 is 11.8 Å². The maximum atomic E-state index is 13.1. The van der Waals surface area contributed by atoms with Crippen molar-refractivity contribution in [1.82, 2.24) is 0 Å². The van der Waals surface area contributed by atoms with Crippen molar-refractivity contribution in [2.24, 2.45) is 11.5 Å². The summed E-state index contributed by atoms with van der Waals surface area (Å²) >= 11 is 0.957. The Balaban J connectivity index is 2.65. The lowest BCUT2D eigenvalue weighted by Gasteiger charge is -2.07. The van der Waals surface area contributed by atoms with E-state index >= 15 is 0 Å². The molecule has 0 aromatic heterocycles. The van der Waals surface area contributed by atoms with Gasteiger partial charge in [-0.25, -0.2) is 8.78 Å². The average molecular weight is 232 g/mol. The Hall–Kier alpha value is -1.14. The van der Waals surface area contributed by atoms with Gasteiger partial charge in [-0.3, -0.25) is 4.79 Å². The van der Waals surface area contributed by atoms with E-state index in [1.807, 2.05) is 0 Å². The largest absolute Gasteiger partial charge is 0.368 e. The number of hydrogen-bond donors (Lipinski definition) is 2. The molecule has 0 heterocycles. The van der Waals surface area contributed by atoms with Crippen molar-refractivity contribution in [3.63, 3.8) is 0 Å². The molecular weight excluding hydrogens is 222 g/mol. The quantitative estimate of drug-likeness (QED) is 0.757. The van der Waals surface area contributed by atoms with Crippen molar-refractivity contribution < 1.29 is 13.6 Å². The number of thioether (sulfide) groups is 1.